The molecule has 0 radical (unpaired) electrons. The molecule has 1 aromatic carbocycles. The first-order valence-corrected chi connectivity index (χ1v) is 9.68. The van der Waals surface area contributed by atoms with Crippen molar-refractivity contribution in [2.75, 3.05) is 20.8 Å². The lowest BCUT2D eigenvalue weighted by atomic mass is 9.94. The van der Waals surface area contributed by atoms with Gasteiger partial charge < -0.3 is 19.1 Å². The molecule has 26 heavy (non-hydrogen) atoms. The number of thioether (sulfide) groups is 1. The minimum Gasteiger partial charge on any atom is -0.496 e. The van der Waals surface area contributed by atoms with E-state index in [4.69, 9.17) is 14.2 Å². The number of rotatable bonds is 5. The van der Waals surface area contributed by atoms with E-state index < -0.39 is 6.04 Å². The van der Waals surface area contributed by atoms with E-state index in [9.17, 15) is 4.79 Å². The lowest BCUT2D eigenvalue weighted by Gasteiger charge is -2.34. The van der Waals surface area contributed by atoms with Crippen LogP contribution in [0.4, 0.5) is 0 Å². The smallest absolute Gasteiger partial charge is 0.338 e. The number of fused-ring (bicyclic) bond motifs is 1. The van der Waals surface area contributed by atoms with E-state index in [1.165, 1.54) is 11.8 Å². The van der Waals surface area contributed by atoms with Crippen LogP contribution in [0, 0.1) is 0 Å². The minimum absolute atomic E-state index is 0.299. The lowest BCUT2D eigenvalue weighted by Crippen LogP contribution is -2.34. The number of nitrogens with zero attached hydrogens (tertiary/aromatic N) is 2. The minimum atomic E-state index is -0.398. The number of allylic oxidation sites excluding steroid dienone is 1. The summed E-state index contributed by atoms with van der Waals surface area (Å²) in [6.45, 7) is 3.91. The van der Waals surface area contributed by atoms with Crippen molar-refractivity contribution >= 4 is 38.8 Å². The second kappa shape index (κ2) is 7.75. The van der Waals surface area contributed by atoms with Crippen LogP contribution in [0.3, 0.4) is 0 Å². The van der Waals surface area contributed by atoms with Gasteiger partial charge in [-0.05, 0) is 41.3 Å². The van der Waals surface area contributed by atoms with E-state index >= 15 is 0 Å². The maximum absolute atomic E-state index is 12.7. The predicted octanol–water partition coefficient (Wildman–Crippen LogP) is 4.23. The van der Waals surface area contributed by atoms with Crippen molar-refractivity contribution < 1.29 is 19.0 Å². The number of ether oxygens (including phenoxy) is 3. The van der Waals surface area contributed by atoms with Crippen molar-refractivity contribution in [3.63, 3.8) is 0 Å². The zero-order valence-corrected chi connectivity index (χ0v) is 17.3. The van der Waals surface area contributed by atoms with Crippen LogP contribution in [-0.4, -0.2) is 36.9 Å². The van der Waals surface area contributed by atoms with Crippen LogP contribution in [0.5, 0.6) is 11.5 Å². The summed E-state index contributed by atoms with van der Waals surface area (Å²) in [5.41, 5.74) is 1.96. The van der Waals surface area contributed by atoms with Crippen molar-refractivity contribution in [1.82, 2.24) is 4.90 Å². The lowest BCUT2D eigenvalue weighted by molar-refractivity contribution is -0.139. The first-order chi connectivity index (χ1) is 12.5. The number of methoxy groups -OCH3 is 2. The molecular formula is C18H19BrN2O4S. The zero-order chi connectivity index (χ0) is 18.8. The van der Waals surface area contributed by atoms with Crippen molar-refractivity contribution in [1.29, 1.82) is 0 Å². The van der Waals surface area contributed by atoms with E-state index in [1.54, 1.807) is 27.2 Å². The highest BCUT2D eigenvalue weighted by atomic mass is 79.9. The van der Waals surface area contributed by atoms with Crippen LogP contribution >= 0.6 is 27.7 Å². The Morgan fingerprint density at radius 3 is 2.69 bits per heavy atom. The van der Waals surface area contributed by atoms with Crippen molar-refractivity contribution in [2.45, 2.75) is 19.9 Å². The number of benzene rings is 1. The van der Waals surface area contributed by atoms with Crippen molar-refractivity contribution in [3.05, 3.63) is 45.0 Å². The molecule has 0 aromatic heterocycles. The summed E-state index contributed by atoms with van der Waals surface area (Å²) in [6.07, 6.45) is 1.91. The Labute approximate surface area is 165 Å². The Hall–Kier alpha value is -1.93. The standard InChI is InChI=1S/C18H19BrN2O4S/c1-5-25-17(22)15-10(2)20-18-21(6-7-26-18)16(15)11-8-12(19)14(24-4)9-13(11)23-3/h6-9,16H,5H2,1-4H3/t16-/m1/s1. The first kappa shape index (κ1) is 18.8. The molecule has 0 amide bonds. The topological polar surface area (TPSA) is 60.4 Å². The summed E-state index contributed by atoms with van der Waals surface area (Å²) in [5.74, 6) is 0.897. The second-order valence-electron chi connectivity index (χ2n) is 5.56. The SMILES string of the molecule is CCOC(=O)C1=C(C)N=C2SC=CN2[C@@H]1c1cc(Br)c(OC)cc1OC. The largest absolute Gasteiger partial charge is 0.496 e. The fourth-order valence-corrected chi connectivity index (χ4v) is 4.29. The summed E-state index contributed by atoms with van der Waals surface area (Å²) >= 11 is 5.04. The van der Waals surface area contributed by atoms with Gasteiger partial charge in [-0.25, -0.2) is 9.79 Å². The second-order valence-corrected chi connectivity index (χ2v) is 7.28. The Balaban J connectivity index is 2.19. The van der Waals surface area contributed by atoms with Crippen LogP contribution in [0.25, 0.3) is 0 Å². The number of halogens is 1. The number of carbonyl (C=O) groups is 1. The molecule has 0 spiro atoms. The third-order valence-electron chi connectivity index (χ3n) is 4.11. The Bertz CT molecular complexity index is 835. The van der Waals surface area contributed by atoms with Gasteiger partial charge in [0.2, 0.25) is 0 Å². The van der Waals surface area contributed by atoms with Gasteiger partial charge in [0.05, 0.1) is 42.6 Å². The van der Waals surface area contributed by atoms with Crippen molar-refractivity contribution in [3.8, 4) is 11.5 Å². The van der Waals surface area contributed by atoms with E-state index in [1.807, 2.05) is 29.5 Å². The first-order valence-electron chi connectivity index (χ1n) is 8.01. The van der Waals surface area contributed by atoms with Gasteiger partial charge in [0.15, 0.2) is 5.17 Å². The molecule has 1 atom stereocenters. The molecule has 2 heterocycles. The van der Waals surface area contributed by atoms with Crippen LogP contribution in [0.1, 0.15) is 25.5 Å². The molecule has 0 aliphatic carbocycles. The Morgan fingerprint density at radius 2 is 2.04 bits per heavy atom. The van der Waals surface area contributed by atoms with Crippen LogP contribution < -0.4 is 9.47 Å². The van der Waals surface area contributed by atoms with Gasteiger partial charge in [0.1, 0.15) is 11.5 Å². The quantitative estimate of drug-likeness (QED) is 0.640. The van der Waals surface area contributed by atoms with Gasteiger partial charge >= 0.3 is 5.97 Å². The Kier molecular flexibility index (Phi) is 5.62. The van der Waals surface area contributed by atoms with Crippen molar-refractivity contribution in [2.24, 2.45) is 4.99 Å². The summed E-state index contributed by atoms with van der Waals surface area (Å²) < 4.78 is 17.0. The highest BCUT2D eigenvalue weighted by molar-refractivity contribution is 9.10. The van der Waals surface area contributed by atoms with E-state index in [2.05, 4.69) is 20.9 Å². The van der Waals surface area contributed by atoms with Gasteiger partial charge in [-0.3, -0.25) is 0 Å². The summed E-state index contributed by atoms with van der Waals surface area (Å²) in [7, 11) is 3.19. The maximum Gasteiger partial charge on any atom is 0.338 e. The molecule has 3 rings (SSSR count). The molecular weight excluding hydrogens is 420 g/mol. The summed E-state index contributed by atoms with van der Waals surface area (Å²) in [6, 6.07) is 3.31. The molecule has 8 heteroatoms. The van der Waals surface area contributed by atoms with Crippen LogP contribution in [0.2, 0.25) is 0 Å². The highest BCUT2D eigenvalue weighted by Crippen LogP contribution is 2.46. The number of aliphatic imine (C=N–C) groups is 1. The normalized spacial score (nSPS) is 18.6. The summed E-state index contributed by atoms with van der Waals surface area (Å²) in [5, 5.41) is 2.76. The predicted molar refractivity (Wildman–Crippen MR) is 105 cm³/mol. The molecule has 1 aromatic rings. The number of carbonyl (C=O) groups excluding carboxylic acids is 1. The molecule has 0 N–H and O–H groups in total. The highest BCUT2D eigenvalue weighted by Gasteiger charge is 2.39. The van der Waals surface area contributed by atoms with Gasteiger partial charge in [-0.2, -0.15) is 0 Å². The molecule has 0 saturated heterocycles. The molecule has 2 aliphatic rings. The molecule has 6 nitrogen and oxygen atoms in total. The number of hydrogen-bond acceptors (Lipinski definition) is 7. The third-order valence-corrected chi connectivity index (χ3v) is 5.51. The zero-order valence-electron chi connectivity index (χ0n) is 14.9. The third kappa shape index (κ3) is 3.23. The van der Waals surface area contributed by atoms with E-state index in [-0.39, 0.29) is 5.97 Å². The molecule has 0 bridgehead atoms. The average molecular weight is 439 g/mol. The number of amidine groups is 1. The van der Waals surface area contributed by atoms with Crippen LogP contribution in [-0.2, 0) is 9.53 Å². The van der Waals surface area contributed by atoms with Gasteiger partial charge in [0.25, 0.3) is 0 Å². The maximum atomic E-state index is 12.7. The van der Waals surface area contributed by atoms with Gasteiger partial charge in [0, 0.05) is 17.8 Å². The molecule has 0 unspecified atom stereocenters. The average Bonchev–Trinajstić information content (AvgIpc) is 3.08. The number of hydrogen-bond donors (Lipinski definition) is 0. The van der Waals surface area contributed by atoms with E-state index in [0.29, 0.717) is 29.4 Å². The number of esters is 1. The summed E-state index contributed by atoms with van der Waals surface area (Å²) in [4.78, 5) is 19.2. The Morgan fingerprint density at radius 1 is 1.31 bits per heavy atom. The molecule has 138 valence electrons. The van der Waals surface area contributed by atoms with Crippen LogP contribution in [0.15, 0.2) is 44.5 Å². The fourth-order valence-electron chi connectivity index (χ4n) is 2.97. The molecule has 2 aliphatic heterocycles. The molecule has 0 saturated carbocycles. The monoisotopic (exact) mass is 438 g/mol. The van der Waals surface area contributed by atoms with Gasteiger partial charge in [-0.1, -0.05) is 11.8 Å². The molecule has 0 fully saturated rings. The van der Waals surface area contributed by atoms with E-state index in [0.717, 1.165) is 15.2 Å². The fraction of sp³-hybridized carbons (Fsp3) is 0.333. The van der Waals surface area contributed by atoms with Gasteiger partial charge in [-0.15, -0.1) is 0 Å².